The topological polar surface area (TPSA) is 46.7 Å². The Morgan fingerprint density at radius 1 is 0.639 bits per heavy atom. The zero-order valence-electron chi connectivity index (χ0n) is 41.9. The second-order valence-corrected chi connectivity index (χ2v) is 19.4. The Hall–Kier alpha value is -1.24. The summed E-state index contributed by atoms with van der Waals surface area (Å²) in [5, 5.41) is 1.18. The standard InChI is InChI=1S/C31H33FN2O3.B35/c1-4-5-14-37-29-18-23-20(15-28(29)36-3)12-13-34-27(23)17-25-24-16-22(35-2)10-11-26(24)33-30(25)31(34)19-6-8-21(32)9-7-19;1-19-28(18)33(29(20(2)3)21(4)5)35(32(26(14)15)27(16)17)34(30(22(6)7)23(8)9)31(24(10)11)25(12)13/h6-11,15-16,18,27,31,33H,4-5,12-14,17H2,1-3H3;. The van der Waals surface area contributed by atoms with Crippen LogP contribution in [0.1, 0.15) is 59.8 Å². The van der Waals surface area contributed by atoms with Gasteiger partial charge in [-0.3, -0.25) is 4.90 Å². The molecule has 1 aromatic heterocycles. The molecule has 37 radical (unpaired) electrons. The summed E-state index contributed by atoms with van der Waals surface area (Å²) in [6.07, 6.45) is -12.5. The number of unbranched alkanes of at least 4 members (excludes halogenated alkanes) is 1. The monoisotopic (exact) mass is 886 g/mol. The van der Waals surface area contributed by atoms with Crippen LogP contribution >= 0.6 is 0 Å². The number of nitrogens with zero attached hydrogens (tertiary/aromatic N) is 1. The van der Waals surface area contributed by atoms with Gasteiger partial charge in [-0.2, -0.15) is 0 Å². The highest BCUT2D eigenvalue weighted by molar-refractivity contribution is 8.30. The van der Waals surface area contributed by atoms with Crippen LogP contribution in [0.2, 0.25) is 0 Å². The zero-order chi connectivity index (χ0) is 53.5. The molecule has 5 nitrogen and oxygen atoms in total. The van der Waals surface area contributed by atoms with Crippen LogP contribution in [0, 0.1) is 5.82 Å². The molecule has 0 saturated carbocycles. The number of H-pyrrole nitrogens is 1. The first-order valence-electron chi connectivity index (χ1n) is 24.5. The normalized spacial score (nSPS) is 14.2. The SMILES string of the molecule is CCCCOc1cc2c(cc1OC)CCN1C2Cc2c([nH]c3ccc(OC)cc23)C1c1ccc(F)cc1.[B][B]B([B])B(B(B([B])[B])B([B])[B])B(B(B([B])[B])B([B])[B])B(B(B([B])[B])B([B])[B])B(B([B])[B])B([B])[B]. The first kappa shape index (κ1) is 61.6. The second kappa shape index (κ2) is 27.9. The molecule has 0 amide bonds. The van der Waals surface area contributed by atoms with Gasteiger partial charge in [0.15, 0.2) is 11.5 Å². The van der Waals surface area contributed by atoms with E-state index in [-0.39, 0.29) is 17.9 Å². The van der Waals surface area contributed by atoms with Gasteiger partial charge in [0.05, 0.1) is 26.9 Å². The van der Waals surface area contributed by atoms with Crippen molar-refractivity contribution < 1.29 is 18.6 Å². The predicted molar refractivity (Wildman–Crippen MR) is 345 cm³/mol. The minimum absolute atomic E-state index is 0.00698. The van der Waals surface area contributed by atoms with Crippen molar-refractivity contribution in [2.45, 2.75) is 44.7 Å². The van der Waals surface area contributed by atoms with Crippen LogP contribution in [0.15, 0.2) is 54.6 Å². The Balaban J connectivity index is 0.000000268. The van der Waals surface area contributed by atoms with Crippen LogP contribution in [0.5, 0.6) is 17.2 Å². The molecule has 4 aromatic rings. The van der Waals surface area contributed by atoms with E-state index in [2.05, 4.69) is 41.1 Å². The van der Waals surface area contributed by atoms with Crippen LogP contribution in [0.4, 0.5) is 4.39 Å². The summed E-state index contributed by atoms with van der Waals surface area (Å²) in [5.74, 6) is 2.23. The molecule has 41 heteroatoms. The fourth-order valence-electron chi connectivity index (χ4n) is 11.6. The quantitative estimate of drug-likeness (QED) is 0.0596. The molecule has 0 bridgehead atoms. The Morgan fingerprint density at radius 2 is 1.15 bits per heavy atom. The van der Waals surface area contributed by atoms with Gasteiger partial charge in [0, 0.05) is 278 Å². The number of halogens is 1. The van der Waals surface area contributed by atoms with E-state index in [9.17, 15) is 4.39 Å². The summed E-state index contributed by atoms with van der Waals surface area (Å²) in [7, 11) is 115. The number of fused-ring (bicyclic) bond motifs is 6. The van der Waals surface area contributed by atoms with Gasteiger partial charge in [-0.25, -0.2) is 4.39 Å². The lowest BCUT2D eigenvalue weighted by Gasteiger charge is -2.52. The number of rotatable bonds is 23. The minimum Gasteiger partial charge on any atom is -0.497 e. The number of hydrogen-bond acceptors (Lipinski definition) is 4. The van der Waals surface area contributed by atoms with E-state index in [0.717, 1.165) is 60.6 Å². The third kappa shape index (κ3) is 14.1. The van der Waals surface area contributed by atoms with Gasteiger partial charge in [0.25, 0.3) is 0 Å². The van der Waals surface area contributed by atoms with Crippen molar-refractivity contribution in [2.75, 3.05) is 27.4 Å². The van der Waals surface area contributed by atoms with Crippen molar-refractivity contribution in [3.63, 3.8) is 0 Å². The van der Waals surface area contributed by atoms with Crippen molar-refractivity contribution in [1.29, 1.82) is 0 Å². The molecule has 3 heterocycles. The van der Waals surface area contributed by atoms with E-state index in [4.69, 9.17) is 153 Å². The lowest BCUT2D eigenvalue weighted by molar-refractivity contribution is 0.127. The van der Waals surface area contributed by atoms with Gasteiger partial charge in [0.1, 0.15) is 11.6 Å². The maximum absolute atomic E-state index is 13.9. The Labute approximate surface area is 462 Å². The lowest BCUT2D eigenvalue weighted by Crippen LogP contribution is -2.90. The van der Waals surface area contributed by atoms with Crippen molar-refractivity contribution >= 4 is 259 Å². The number of hydrogen-bond donors (Lipinski definition) is 1. The molecule has 3 aromatic carbocycles. The predicted octanol–water partition coefficient (Wildman–Crippen LogP) is -6.58. The zero-order valence-corrected chi connectivity index (χ0v) is 41.9. The van der Waals surface area contributed by atoms with Gasteiger partial charge >= 0.3 is 0 Å². The van der Waals surface area contributed by atoms with Gasteiger partial charge in [0.2, 0.25) is 0 Å². The van der Waals surface area contributed by atoms with E-state index < -0.39 is 102 Å². The van der Waals surface area contributed by atoms with E-state index in [1.54, 1.807) is 26.4 Å². The van der Waals surface area contributed by atoms with Crippen LogP contribution in [-0.4, -0.2) is 286 Å². The van der Waals surface area contributed by atoms with Crippen molar-refractivity contribution in [2.24, 2.45) is 0 Å². The average molecular weight is 879 g/mol. The van der Waals surface area contributed by atoms with Gasteiger partial charge < -0.3 is 19.2 Å². The molecule has 0 spiro atoms. The number of benzene rings is 3. The molecule has 2 aliphatic heterocycles. The summed E-state index contributed by atoms with van der Waals surface area (Å²) in [5.41, 5.74) is 7.25. The maximum Gasteiger partial charge on any atom is 0.161 e. The van der Waals surface area contributed by atoms with Gasteiger partial charge in [-0.1, -0.05) is 25.5 Å². The molecule has 6 rings (SSSR count). The number of ether oxygens (including phenoxy) is 3. The van der Waals surface area contributed by atoms with E-state index in [1.807, 2.05) is 18.2 Å². The maximum atomic E-state index is 13.9. The minimum atomic E-state index is -1.13. The number of aromatic amines is 1. The first-order chi connectivity index (χ1) is 34.0. The van der Waals surface area contributed by atoms with Crippen LogP contribution in [0.25, 0.3) is 10.9 Å². The van der Waals surface area contributed by atoms with Gasteiger partial charge in [-0.05, 0) is 84.0 Å². The van der Waals surface area contributed by atoms with E-state index in [0.29, 0.717) is 6.61 Å². The number of aromatic nitrogens is 1. The molecule has 2 unspecified atom stereocenters. The molecule has 1 N–H and O–H groups in total. The highest BCUT2D eigenvalue weighted by Crippen LogP contribution is 2.50. The molecule has 0 saturated heterocycles. The molecule has 72 heavy (non-hydrogen) atoms. The van der Waals surface area contributed by atoms with Crippen LogP contribution < -0.4 is 14.2 Å². The smallest absolute Gasteiger partial charge is 0.161 e. The van der Waals surface area contributed by atoms with Crippen molar-refractivity contribution in [3.8, 4) is 17.2 Å². The fraction of sp³-hybridized carbons (Fsp3) is 0.355. The summed E-state index contributed by atoms with van der Waals surface area (Å²) in [4.78, 5) is 6.28. The van der Waals surface area contributed by atoms with E-state index >= 15 is 0 Å². The molecular formula is C31H33B35FN2O3. The molecule has 0 fully saturated rings. The first-order valence-corrected chi connectivity index (χ1v) is 24.5. The van der Waals surface area contributed by atoms with E-state index in [1.165, 1.54) is 34.8 Å². The highest BCUT2D eigenvalue weighted by atomic mass is 19.1. The van der Waals surface area contributed by atoms with Crippen LogP contribution in [0.3, 0.4) is 0 Å². The number of methoxy groups -OCH3 is 2. The molecule has 2 atom stereocenters. The summed E-state index contributed by atoms with van der Waals surface area (Å²) < 4.78 is 31.4. The van der Waals surface area contributed by atoms with Crippen LogP contribution in [-0.2, 0) is 12.8 Å². The Morgan fingerprint density at radius 3 is 1.62 bits per heavy atom. The summed E-state index contributed by atoms with van der Waals surface area (Å²) in [6.45, 7) is 3.73. The lowest BCUT2D eigenvalue weighted by atomic mass is 8.29. The van der Waals surface area contributed by atoms with Gasteiger partial charge in [-0.15, -0.1) is 0 Å². The molecular weight excluding hydrogens is 846 g/mol. The largest absolute Gasteiger partial charge is 0.497 e. The molecule has 297 valence electrons. The Kier molecular flexibility index (Phi) is 23.9. The second-order valence-electron chi connectivity index (χ2n) is 19.4. The number of nitrogens with one attached hydrogen (secondary N) is 1. The third-order valence-corrected chi connectivity index (χ3v) is 14.8. The molecule has 2 aliphatic rings. The van der Waals surface area contributed by atoms with Crippen molar-refractivity contribution in [3.05, 3.63) is 88.4 Å². The highest BCUT2D eigenvalue weighted by Gasteiger charge is 2.55. The summed E-state index contributed by atoms with van der Waals surface area (Å²) >= 11 is 0. The Bertz CT molecular complexity index is 2270. The third-order valence-electron chi connectivity index (χ3n) is 14.8. The average Bonchev–Trinajstić information content (AvgIpc) is 3.68. The molecule has 0 aliphatic carbocycles. The fourth-order valence-corrected chi connectivity index (χ4v) is 11.6. The van der Waals surface area contributed by atoms with Crippen molar-refractivity contribution in [1.82, 2.24) is 9.88 Å². The summed E-state index contributed by atoms with van der Waals surface area (Å²) in [6, 6.07) is 17.7.